The van der Waals surface area contributed by atoms with Gasteiger partial charge in [-0.25, -0.2) is 0 Å². The number of imide groups is 1. The van der Waals surface area contributed by atoms with Crippen LogP contribution >= 0.6 is 0 Å². The summed E-state index contributed by atoms with van der Waals surface area (Å²) >= 11 is 0. The zero-order valence-electron chi connectivity index (χ0n) is 10.9. The molecule has 0 saturated carbocycles. The molecule has 110 valence electrons. The predicted molar refractivity (Wildman–Crippen MR) is 67.4 cm³/mol. The van der Waals surface area contributed by atoms with E-state index in [1.54, 1.807) is 0 Å². The minimum atomic E-state index is -1.47. The first-order valence-electron chi connectivity index (χ1n) is 6.07. The number of hydrazine groups is 1. The van der Waals surface area contributed by atoms with Gasteiger partial charge in [0.2, 0.25) is 0 Å². The van der Waals surface area contributed by atoms with Crippen LogP contribution in [-0.2, 0) is 0 Å². The fraction of sp³-hybridized carbons (Fsp3) is 0. The van der Waals surface area contributed by atoms with Gasteiger partial charge in [-0.15, -0.1) is 0 Å². The number of nitrogens with one attached hydrogen (secondary N) is 1. The van der Waals surface area contributed by atoms with Crippen molar-refractivity contribution in [2.45, 2.75) is 0 Å². The lowest BCUT2D eigenvalue weighted by atomic mass is 10.1. The van der Waals surface area contributed by atoms with Gasteiger partial charge in [0.05, 0.1) is 23.4 Å². The Labute approximate surface area is 122 Å². The summed E-state index contributed by atoms with van der Waals surface area (Å²) in [6.45, 7) is 0. The van der Waals surface area contributed by atoms with Crippen molar-refractivity contribution in [3.05, 3.63) is 59.0 Å². The molecular formula is C14H7N2O6-. The van der Waals surface area contributed by atoms with Crippen molar-refractivity contribution in [1.82, 2.24) is 10.4 Å². The van der Waals surface area contributed by atoms with Gasteiger partial charge in [-0.2, -0.15) is 5.01 Å². The van der Waals surface area contributed by atoms with E-state index in [9.17, 15) is 24.3 Å². The lowest BCUT2D eigenvalue weighted by molar-refractivity contribution is -0.255. The third-order valence-electron chi connectivity index (χ3n) is 3.08. The maximum atomic E-state index is 12.1. The molecular weight excluding hydrogens is 292 g/mol. The van der Waals surface area contributed by atoms with E-state index in [-0.39, 0.29) is 22.5 Å². The Hall–Kier alpha value is -3.42. The Kier molecular flexibility index (Phi) is 2.99. The number of carbonyl (C=O) groups excluding carboxylic acids is 4. The highest BCUT2D eigenvalue weighted by atomic mass is 16.4. The second-order valence-corrected chi connectivity index (χ2v) is 4.41. The van der Waals surface area contributed by atoms with Crippen molar-refractivity contribution in [3.63, 3.8) is 0 Å². The van der Waals surface area contributed by atoms with Gasteiger partial charge in [0.1, 0.15) is 0 Å². The average molecular weight is 299 g/mol. The smallest absolute Gasteiger partial charge is 0.305 e. The number of furan rings is 1. The minimum Gasteiger partial charge on any atom is -0.545 e. The van der Waals surface area contributed by atoms with Gasteiger partial charge in [-0.1, -0.05) is 6.07 Å². The summed E-state index contributed by atoms with van der Waals surface area (Å²) in [7, 11) is 0. The van der Waals surface area contributed by atoms with E-state index >= 15 is 0 Å². The Bertz CT molecular complexity index is 809. The molecule has 3 amide bonds. The zero-order chi connectivity index (χ0) is 15.9. The number of rotatable bonds is 3. The molecule has 3 rings (SSSR count). The third-order valence-corrected chi connectivity index (χ3v) is 3.08. The van der Waals surface area contributed by atoms with Gasteiger partial charge in [-0.05, 0) is 29.8 Å². The standard InChI is InChI=1S/C14H8N2O6/c17-11(10-2-1-5-22-10)15-16-12(18)8-4-3-7(14(20)21)6-9(8)13(16)19/h1-6H,(H,15,17)(H,20,21)/p-1. The number of fused-ring (bicyclic) bond motifs is 1. The highest BCUT2D eigenvalue weighted by Crippen LogP contribution is 2.22. The Balaban J connectivity index is 1.90. The summed E-state index contributed by atoms with van der Waals surface area (Å²) in [5, 5.41) is 11.3. The fourth-order valence-corrected chi connectivity index (χ4v) is 2.03. The molecule has 1 N–H and O–H groups in total. The van der Waals surface area contributed by atoms with Gasteiger partial charge in [0.25, 0.3) is 11.8 Å². The van der Waals surface area contributed by atoms with Crippen LogP contribution in [0.2, 0.25) is 0 Å². The topological polar surface area (TPSA) is 120 Å². The molecule has 0 atom stereocenters. The molecule has 0 bridgehead atoms. The van der Waals surface area contributed by atoms with Crippen molar-refractivity contribution < 1.29 is 28.7 Å². The van der Waals surface area contributed by atoms with E-state index in [0.29, 0.717) is 5.01 Å². The number of benzene rings is 1. The van der Waals surface area contributed by atoms with E-state index in [0.717, 1.165) is 12.1 Å². The van der Waals surface area contributed by atoms with E-state index in [4.69, 9.17) is 4.42 Å². The molecule has 8 nitrogen and oxygen atoms in total. The van der Waals surface area contributed by atoms with Crippen LogP contribution < -0.4 is 10.5 Å². The summed E-state index contributed by atoms with van der Waals surface area (Å²) in [6, 6.07) is 6.21. The van der Waals surface area contributed by atoms with Gasteiger partial charge in [-0.3, -0.25) is 19.8 Å². The van der Waals surface area contributed by atoms with Crippen LogP contribution in [0.3, 0.4) is 0 Å². The Morgan fingerprint density at radius 1 is 1.09 bits per heavy atom. The summed E-state index contributed by atoms with van der Waals surface area (Å²) in [4.78, 5) is 46.8. The Morgan fingerprint density at radius 2 is 1.82 bits per heavy atom. The number of carboxylic acid groups (broad SMARTS) is 1. The normalized spacial score (nSPS) is 13.2. The first-order valence-corrected chi connectivity index (χ1v) is 6.07. The maximum absolute atomic E-state index is 12.1. The number of hydrogen-bond acceptors (Lipinski definition) is 6. The molecule has 2 heterocycles. The number of carboxylic acids is 1. The van der Waals surface area contributed by atoms with Crippen LogP contribution in [0.5, 0.6) is 0 Å². The molecule has 0 unspecified atom stereocenters. The van der Waals surface area contributed by atoms with Crippen molar-refractivity contribution in [2.24, 2.45) is 0 Å². The van der Waals surface area contributed by atoms with Gasteiger partial charge in [0, 0.05) is 0 Å². The quantitative estimate of drug-likeness (QED) is 0.769. The zero-order valence-corrected chi connectivity index (χ0v) is 10.9. The molecule has 0 aliphatic carbocycles. The van der Waals surface area contributed by atoms with Crippen molar-refractivity contribution >= 4 is 23.7 Å². The summed E-state index contributed by atoms with van der Waals surface area (Å²) in [6.07, 6.45) is 1.27. The highest BCUT2D eigenvalue weighted by Gasteiger charge is 2.37. The summed E-state index contributed by atoms with van der Waals surface area (Å²) < 4.78 is 4.86. The number of amides is 3. The predicted octanol–water partition coefficient (Wildman–Crippen LogP) is -0.416. The van der Waals surface area contributed by atoms with Gasteiger partial charge < -0.3 is 14.3 Å². The lowest BCUT2D eigenvalue weighted by Gasteiger charge is -2.13. The first kappa shape index (κ1) is 13.6. The number of aromatic carboxylic acids is 1. The van der Waals surface area contributed by atoms with Crippen LogP contribution in [0.1, 0.15) is 41.6 Å². The highest BCUT2D eigenvalue weighted by molar-refractivity contribution is 6.22. The molecule has 0 saturated heterocycles. The molecule has 1 aromatic heterocycles. The van der Waals surface area contributed by atoms with E-state index in [1.165, 1.54) is 24.5 Å². The van der Waals surface area contributed by atoms with E-state index in [2.05, 4.69) is 5.43 Å². The first-order chi connectivity index (χ1) is 10.5. The molecule has 22 heavy (non-hydrogen) atoms. The second-order valence-electron chi connectivity index (χ2n) is 4.41. The minimum absolute atomic E-state index is 0.00487. The molecule has 1 aliphatic rings. The maximum Gasteiger partial charge on any atom is 0.305 e. The van der Waals surface area contributed by atoms with Gasteiger partial charge >= 0.3 is 5.91 Å². The van der Waals surface area contributed by atoms with Crippen LogP contribution in [0.4, 0.5) is 0 Å². The molecule has 1 aliphatic heterocycles. The summed E-state index contributed by atoms with van der Waals surface area (Å²) in [5.74, 6) is -3.92. The van der Waals surface area contributed by atoms with Crippen molar-refractivity contribution in [2.75, 3.05) is 0 Å². The Morgan fingerprint density at radius 3 is 2.45 bits per heavy atom. The largest absolute Gasteiger partial charge is 0.545 e. The number of carbonyl (C=O) groups is 4. The SMILES string of the molecule is O=C([O-])c1ccc2c(c1)C(=O)N(NC(=O)c1ccco1)C2=O. The second kappa shape index (κ2) is 4.85. The van der Waals surface area contributed by atoms with Crippen molar-refractivity contribution in [1.29, 1.82) is 0 Å². The molecule has 8 heteroatoms. The summed E-state index contributed by atoms with van der Waals surface area (Å²) in [5.41, 5.74) is 1.75. The molecule has 0 fully saturated rings. The fourth-order valence-electron chi connectivity index (χ4n) is 2.03. The van der Waals surface area contributed by atoms with Crippen LogP contribution in [0.25, 0.3) is 0 Å². The number of nitrogens with zero attached hydrogens (tertiary/aromatic N) is 1. The van der Waals surface area contributed by atoms with Crippen LogP contribution in [0.15, 0.2) is 41.0 Å². The van der Waals surface area contributed by atoms with Crippen LogP contribution in [0, 0.1) is 0 Å². The molecule has 0 spiro atoms. The number of hydrogen-bond donors (Lipinski definition) is 1. The monoisotopic (exact) mass is 299 g/mol. The molecule has 0 radical (unpaired) electrons. The molecule has 2 aromatic rings. The third kappa shape index (κ3) is 2.03. The van der Waals surface area contributed by atoms with Crippen molar-refractivity contribution in [3.8, 4) is 0 Å². The lowest BCUT2D eigenvalue weighted by Crippen LogP contribution is -2.45. The van der Waals surface area contributed by atoms with Crippen LogP contribution in [-0.4, -0.2) is 28.7 Å². The molecule has 1 aromatic carbocycles. The average Bonchev–Trinajstić information content (AvgIpc) is 3.11. The van der Waals surface area contributed by atoms with Gasteiger partial charge in [0.15, 0.2) is 5.76 Å². The van der Waals surface area contributed by atoms with E-state index in [1.807, 2.05) is 0 Å². The van der Waals surface area contributed by atoms with E-state index < -0.39 is 23.7 Å².